The van der Waals surface area contributed by atoms with Crippen molar-refractivity contribution in [1.82, 2.24) is 4.90 Å². The van der Waals surface area contributed by atoms with Crippen molar-refractivity contribution < 1.29 is 34.8 Å². The van der Waals surface area contributed by atoms with E-state index in [0.717, 1.165) is 5.69 Å². The van der Waals surface area contributed by atoms with Gasteiger partial charge in [-0.25, -0.2) is 0 Å². The Morgan fingerprint density at radius 3 is 2.30 bits per heavy atom. The third-order valence-electron chi connectivity index (χ3n) is 7.06. The molecule has 0 aromatic heterocycles. The zero-order valence-corrected chi connectivity index (χ0v) is 18.8. The van der Waals surface area contributed by atoms with Gasteiger partial charge in [-0.05, 0) is 50.6 Å². The van der Waals surface area contributed by atoms with Crippen LogP contribution in [-0.2, 0) is 20.8 Å². The molecule has 3 aliphatic rings. The summed E-state index contributed by atoms with van der Waals surface area (Å²) in [6.45, 7) is 0. The highest BCUT2D eigenvalue weighted by molar-refractivity contribution is 6.24. The van der Waals surface area contributed by atoms with Gasteiger partial charge < -0.3 is 31.1 Å². The van der Waals surface area contributed by atoms with Crippen LogP contribution in [0.5, 0.6) is 5.75 Å². The highest BCUT2D eigenvalue weighted by atomic mass is 16.3. The summed E-state index contributed by atoms with van der Waals surface area (Å²) in [7, 11) is 6.75. The molecule has 0 heterocycles. The van der Waals surface area contributed by atoms with Crippen molar-refractivity contribution in [3.8, 4) is 5.75 Å². The van der Waals surface area contributed by atoms with Crippen LogP contribution in [0.15, 0.2) is 29.0 Å². The van der Waals surface area contributed by atoms with Crippen molar-refractivity contribution in [2.24, 2.45) is 17.6 Å². The number of ketones is 2. The summed E-state index contributed by atoms with van der Waals surface area (Å²) < 4.78 is 0. The van der Waals surface area contributed by atoms with E-state index in [2.05, 4.69) is 0 Å². The van der Waals surface area contributed by atoms with Crippen molar-refractivity contribution in [3.63, 3.8) is 0 Å². The van der Waals surface area contributed by atoms with E-state index in [-0.39, 0.29) is 29.7 Å². The van der Waals surface area contributed by atoms with Gasteiger partial charge >= 0.3 is 0 Å². The van der Waals surface area contributed by atoms with Gasteiger partial charge in [0.25, 0.3) is 5.91 Å². The van der Waals surface area contributed by atoms with E-state index in [9.17, 15) is 34.8 Å². The minimum Gasteiger partial charge on any atom is -0.508 e. The molecule has 1 amide bonds. The normalized spacial score (nSPS) is 29.1. The summed E-state index contributed by atoms with van der Waals surface area (Å²) in [4.78, 5) is 42.0. The molecule has 1 saturated carbocycles. The summed E-state index contributed by atoms with van der Waals surface area (Å²) in [6, 6.07) is 2.01. The molecule has 0 aliphatic heterocycles. The molecule has 4 atom stereocenters. The van der Waals surface area contributed by atoms with Crippen molar-refractivity contribution in [3.05, 3.63) is 40.2 Å². The number of aromatic hydroxyl groups is 1. The van der Waals surface area contributed by atoms with Crippen LogP contribution < -0.4 is 10.6 Å². The number of primary amides is 1. The maximum atomic E-state index is 13.7. The summed E-state index contributed by atoms with van der Waals surface area (Å²) in [6.07, 6.45) is 0.324. The SMILES string of the molecule is CN(C)c1ccc(O)c2c1C[C@@H]1C[C@@H]3[C@H](N(C)C)C(=O)C(C(N)=O)=C(O)[C@]3(O)C(=O)C1=C2O. The molecule has 3 aliphatic carbocycles. The molecular formula is C23H27N3O7. The van der Waals surface area contributed by atoms with Gasteiger partial charge in [0, 0.05) is 31.3 Å². The van der Waals surface area contributed by atoms with Crippen LogP contribution in [0.2, 0.25) is 0 Å². The number of phenolic OH excluding ortho intramolecular Hbond substituents is 1. The van der Waals surface area contributed by atoms with Gasteiger partial charge in [-0.1, -0.05) is 0 Å². The fourth-order valence-electron chi connectivity index (χ4n) is 5.65. The number of carbonyl (C=O) groups excluding carboxylic acids is 3. The number of amides is 1. The van der Waals surface area contributed by atoms with Gasteiger partial charge in [0.2, 0.25) is 5.78 Å². The maximum absolute atomic E-state index is 13.7. The average Bonchev–Trinajstić information content (AvgIpc) is 2.70. The molecule has 1 fully saturated rings. The van der Waals surface area contributed by atoms with Crippen LogP contribution in [-0.4, -0.2) is 82.6 Å². The van der Waals surface area contributed by atoms with E-state index in [1.165, 1.54) is 11.0 Å². The van der Waals surface area contributed by atoms with E-state index < -0.39 is 58.0 Å². The fraction of sp³-hybridized carbons (Fsp3) is 0.435. The Hall–Kier alpha value is -3.37. The van der Waals surface area contributed by atoms with E-state index >= 15 is 0 Å². The van der Waals surface area contributed by atoms with Crippen LogP contribution in [0.25, 0.3) is 5.76 Å². The molecule has 1 aromatic rings. The van der Waals surface area contributed by atoms with Crippen LogP contribution in [0.3, 0.4) is 0 Å². The van der Waals surface area contributed by atoms with Gasteiger partial charge in [0.05, 0.1) is 11.6 Å². The molecule has 1 aromatic carbocycles. The maximum Gasteiger partial charge on any atom is 0.255 e. The number of benzene rings is 1. The summed E-state index contributed by atoms with van der Waals surface area (Å²) in [5.41, 5.74) is 3.15. The number of hydrogen-bond acceptors (Lipinski definition) is 9. The molecular weight excluding hydrogens is 430 g/mol. The van der Waals surface area contributed by atoms with E-state index in [1.54, 1.807) is 20.2 Å². The molecule has 0 bridgehead atoms. The Morgan fingerprint density at radius 1 is 1.12 bits per heavy atom. The number of nitrogens with zero attached hydrogens (tertiary/aromatic N) is 2. The number of likely N-dealkylation sites (N-methyl/N-ethyl adjacent to an activating group) is 1. The summed E-state index contributed by atoms with van der Waals surface area (Å²) in [5, 5.41) is 43.9. The zero-order chi connectivity index (χ0) is 24.6. The van der Waals surface area contributed by atoms with Crippen molar-refractivity contribution >= 4 is 28.9 Å². The monoisotopic (exact) mass is 457 g/mol. The Kier molecular flexibility index (Phi) is 5.06. The first-order chi connectivity index (χ1) is 15.3. The molecule has 0 unspecified atom stereocenters. The van der Waals surface area contributed by atoms with Crippen molar-refractivity contribution in [2.45, 2.75) is 24.5 Å². The van der Waals surface area contributed by atoms with Gasteiger partial charge in [0.1, 0.15) is 22.8 Å². The Morgan fingerprint density at radius 2 is 1.76 bits per heavy atom. The molecule has 10 nitrogen and oxygen atoms in total. The lowest BCUT2D eigenvalue weighted by Gasteiger charge is -2.50. The van der Waals surface area contributed by atoms with Gasteiger partial charge in [0.15, 0.2) is 11.4 Å². The lowest BCUT2D eigenvalue weighted by molar-refractivity contribution is -0.153. The highest BCUT2D eigenvalue weighted by Crippen LogP contribution is 2.53. The van der Waals surface area contributed by atoms with Gasteiger partial charge in [-0.2, -0.15) is 0 Å². The van der Waals surface area contributed by atoms with Crippen LogP contribution in [0.4, 0.5) is 5.69 Å². The molecule has 4 rings (SSSR count). The first-order valence-corrected chi connectivity index (χ1v) is 10.5. The average molecular weight is 457 g/mol. The number of carbonyl (C=O) groups is 3. The Labute approximate surface area is 190 Å². The molecule has 33 heavy (non-hydrogen) atoms. The van der Waals surface area contributed by atoms with Gasteiger partial charge in [-0.15, -0.1) is 0 Å². The number of aliphatic hydroxyl groups is 3. The molecule has 0 saturated heterocycles. The van der Waals surface area contributed by atoms with Crippen LogP contribution in [0, 0.1) is 11.8 Å². The highest BCUT2D eigenvalue weighted by Gasteiger charge is 2.64. The molecule has 176 valence electrons. The number of fused-ring (bicyclic) bond motifs is 3. The number of phenols is 1. The van der Waals surface area contributed by atoms with Crippen molar-refractivity contribution in [1.29, 1.82) is 0 Å². The topological polar surface area (TPSA) is 165 Å². The summed E-state index contributed by atoms with van der Waals surface area (Å²) in [5.74, 6) is -6.54. The second-order valence-electron chi connectivity index (χ2n) is 9.31. The minimum atomic E-state index is -2.63. The third-order valence-corrected chi connectivity index (χ3v) is 7.06. The van der Waals surface area contributed by atoms with E-state index in [1.807, 2.05) is 19.0 Å². The zero-order valence-electron chi connectivity index (χ0n) is 18.8. The second kappa shape index (κ2) is 7.32. The molecule has 10 heteroatoms. The molecule has 0 spiro atoms. The number of aliphatic hydroxyl groups excluding tert-OH is 2. The third kappa shape index (κ3) is 2.90. The van der Waals surface area contributed by atoms with Crippen molar-refractivity contribution in [2.75, 3.05) is 33.1 Å². The Balaban J connectivity index is 1.99. The lowest BCUT2D eigenvalue weighted by Crippen LogP contribution is -2.65. The van der Waals surface area contributed by atoms with Crippen LogP contribution in [0.1, 0.15) is 17.5 Å². The second-order valence-corrected chi connectivity index (χ2v) is 9.31. The smallest absolute Gasteiger partial charge is 0.255 e. The number of hydrogen-bond donors (Lipinski definition) is 5. The standard InChI is InChI=1S/C23H27N3O7/c1-25(2)12-5-6-13(27)15-10(12)7-9-8-11-17(26(3)4)19(29)16(22(24)32)21(31)23(11,33)20(30)14(9)18(15)28/h5-6,9,11,17,27-28,31,33H,7-8H2,1-4H3,(H2,24,32)/t9-,11-,17+,23-/m1/s1. The first kappa shape index (κ1) is 22.8. The van der Waals surface area contributed by atoms with E-state index in [4.69, 9.17) is 5.73 Å². The minimum absolute atomic E-state index is 0.0638. The van der Waals surface area contributed by atoms with E-state index in [0.29, 0.717) is 5.56 Å². The number of nitrogens with two attached hydrogens (primary N) is 1. The first-order valence-electron chi connectivity index (χ1n) is 10.5. The number of anilines is 1. The van der Waals surface area contributed by atoms with Gasteiger partial charge in [-0.3, -0.25) is 19.3 Å². The largest absolute Gasteiger partial charge is 0.508 e. The predicted molar refractivity (Wildman–Crippen MR) is 119 cm³/mol. The predicted octanol–water partition coefficient (Wildman–Crippen LogP) is 0.0300. The molecule has 6 N–H and O–H groups in total. The number of Topliss-reactive ketones (excluding diaryl/α,β-unsaturated/α-hetero) is 2. The lowest BCUT2D eigenvalue weighted by atomic mass is 9.57. The summed E-state index contributed by atoms with van der Waals surface area (Å²) >= 11 is 0. The quantitative estimate of drug-likeness (QED) is 0.394. The fourth-order valence-corrected chi connectivity index (χ4v) is 5.65. The molecule has 0 radical (unpaired) electrons. The number of rotatable bonds is 3. The van der Waals surface area contributed by atoms with Crippen LogP contribution >= 0.6 is 0 Å². The Bertz CT molecular complexity index is 1170.